The fraction of sp³-hybridized carbons (Fsp3) is 0.350. The molecule has 7 nitrogen and oxygen atoms in total. The summed E-state index contributed by atoms with van der Waals surface area (Å²) >= 11 is 2.74. The van der Waals surface area contributed by atoms with E-state index in [9.17, 15) is 9.59 Å². The third-order valence-electron chi connectivity index (χ3n) is 4.48. The largest absolute Gasteiger partial charge is 0.497 e. The molecule has 1 N–H and O–H groups in total. The first-order valence-electron chi connectivity index (χ1n) is 9.00. The van der Waals surface area contributed by atoms with Crippen molar-refractivity contribution in [2.24, 2.45) is 0 Å². The molecular formula is C20H23N3O4S2. The topological polar surface area (TPSA) is 82.4 Å². The SMILES string of the molecule is COCCn1c(SCC(=O)Nc2ccc(OC)cc2)nc2sc(C)c(C)c2c1=O. The lowest BCUT2D eigenvalue weighted by atomic mass is 10.2. The van der Waals surface area contributed by atoms with Crippen LogP contribution in [0.2, 0.25) is 0 Å². The summed E-state index contributed by atoms with van der Waals surface area (Å²) in [5, 5.41) is 4.01. The fourth-order valence-electron chi connectivity index (χ4n) is 2.80. The normalized spacial score (nSPS) is 11.0. The molecule has 0 radical (unpaired) electrons. The number of aryl methyl sites for hydroxylation is 2. The summed E-state index contributed by atoms with van der Waals surface area (Å²) < 4.78 is 11.9. The van der Waals surface area contributed by atoms with E-state index in [4.69, 9.17) is 9.47 Å². The molecule has 0 atom stereocenters. The number of carbonyl (C=O) groups is 1. The second-order valence-corrected chi connectivity index (χ2v) is 8.52. The van der Waals surface area contributed by atoms with E-state index in [2.05, 4.69) is 10.3 Å². The lowest BCUT2D eigenvalue weighted by Crippen LogP contribution is -2.26. The maximum atomic E-state index is 13.0. The van der Waals surface area contributed by atoms with E-state index in [-0.39, 0.29) is 17.2 Å². The van der Waals surface area contributed by atoms with Crippen LogP contribution in [0.5, 0.6) is 5.75 Å². The van der Waals surface area contributed by atoms with Crippen molar-refractivity contribution in [1.82, 2.24) is 9.55 Å². The molecule has 2 aromatic heterocycles. The Morgan fingerprint density at radius 3 is 2.62 bits per heavy atom. The summed E-state index contributed by atoms with van der Waals surface area (Å²) in [5.74, 6) is 0.685. The van der Waals surface area contributed by atoms with E-state index >= 15 is 0 Å². The molecule has 0 bridgehead atoms. The molecule has 154 valence electrons. The molecule has 0 spiro atoms. The van der Waals surface area contributed by atoms with Crippen LogP contribution in [-0.4, -0.2) is 42.0 Å². The Kier molecular flexibility index (Phi) is 6.94. The lowest BCUT2D eigenvalue weighted by Gasteiger charge is -2.12. The summed E-state index contributed by atoms with van der Waals surface area (Å²) in [5.41, 5.74) is 1.55. The van der Waals surface area contributed by atoms with Crippen LogP contribution in [-0.2, 0) is 16.1 Å². The Bertz CT molecular complexity index is 1070. The van der Waals surface area contributed by atoms with Crippen molar-refractivity contribution < 1.29 is 14.3 Å². The van der Waals surface area contributed by atoms with Crippen molar-refractivity contribution in [2.45, 2.75) is 25.5 Å². The molecule has 0 saturated heterocycles. The zero-order valence-corrected chi connectivity index (χ0v) is 18.4. The fourth-order valence-corrected chi connectivity index (χ4v) is 4.70. The summed E-state index contributed by atoms with van der Waals surface area (Å²) in [7, 11) is 3.18. The van der Waals surface area contributed by atoms with Crippen LogP contribution >= 0.6 is 23.1 Å². The number of methoxy groups -OCH3 is 2. The van der Waals surface area contributed by atoms with E-state index in [1.54, 1.807) is 43.1 Å². The smallest absolute Gasteiger partial charge is 0.263 e. The van der Waals surface area contributed by atoms with Crippen LogP contribution < -0.4 is 15.6 Å². The molecule has 1 amide bonds. The number of anilines is 1. The van der Waals surface area contributed by atoms with E-state index in [1.165, 1.54) is 23.1 Å². The van der Waals surface area contributed by atoms with Gasteiger partial charge in [0, 0.05) is 17.7 Å². The van der Waals surface area contributed by atoms with Gasteiger partial charge in [-0.3, -0.25) is 14.2 Å². The average molecular weight is 434 g/mol. The third-order valence-corrected chi connectivity index (χ3v) is 6.56. The van der Waals surface area contributed by atoms with Crippen LogP contribution in [0.3, 0.4) is 0 Å². The van der Waals surface area contributed by atoms with Gasteiger partial charge in [0.05, 0.1) is 31.4 Å². The van der Waals surface area contributed by atoms with E-state index < -0.39 is 0 Å². The van der Waals surface area contributed by atoms with Crippen molar-refractivity contribution in [2.75, 3.05) is 31.9 Å². The Morgan fingerprint density at radius 1 is 1.24 bits per heavy atom. The van der Waals surface area contributed by atoms with E-state index in [1.807, 2.05) is 13.8 Å². The minimum Gasteiger partial charge on any atom is -0.497 e. The molecule has 1 aromatic carbocycles. The predicted molar refractivity (Wildman–Crippen MR) is 118 cm³/mol. The number of thioether (sulfide) groups is 1. The highest BCUT2D eigenvalue weighted by molar-refractivity contribution is 7.99. The summed E-state index contributed by atoms with van der Waals surface area (Å²) in [6.07, 6.45) is 0. The number of amides is 1. The number of carbonyl (C=O) groups excluding carboxylic acids is 1. The number of rotatable bonds is 8. The molecule has 0 saturated carbocycles. The third kappa shape index (κ3) is 4.80. The maximum Gasteiger partial charge on any atom is 0.263 e. The van der Waals surface area contributed by atoms with Crippen molar-refractivity contribution in [1.29, 1.82) is 0 Å². The van der Waals surface area contributed by atoms with Gasteiger partial charge >= 0.3 is 0 Å². The molecule has 0 aliphatic heterocycles. The number of hydrogen-bond acceptors (Lipinski definition) is 7. The molecule has 2 heterocycles. The van der Waals surface area contributed by atoms with E-state index in [0.717, 1.165) is 16.2 Å². The first-order valence-corrected chi connectivity index (χ1v) is 10.8. The standard InChI is InChI=1S/C20H23N3O4S2/c1-12-13(2)29-18-17(12)19(25)23(9-10-26-3)20(22-18)28-11-16(24)21-14-5-7-15(27-4)8-6-14/h5-8H,9-11H2,1-4H3,(H,21,24). The minimum atomic E-state index is -0.175. The van der Waals surface area contributed by atoms with Crippen LogP contribution in [0.25, 0.3) is 10.2 Å². The van der Waals surface area contributed by atoms with Crippen molar-refractivity contribution in [3.8, 4) is 5.75 Å². The highest BCUT2D eigenvalue weighted by Gasteiger charge is 2.17. The average Bonchev–Trinajstić information content (AvgIpc) is 3.00. The number of nitrogens with zero attached hydrogens (tertiary/aromatic N) is 2. The second kappa shape index (κ2) is 9.43. The lowest BCUT2D eigenvalue weighted by molar-refractivity contribution is -0.113. The van der Waals surface area contributed by atoms with Gasteiger partial charge in [0.2, 0.25) is 5.91 Å². The number of fused-ring (bicyclic) bond motifs is 1. The molecular weight excluding hydrogens is 410 g/mol. The molecule has 0 unspecified atom stereocenters. The number of benzene rings is 1. The first-order chi connectivity index (χ1) is 13.9. The van der Waals surface area contributed by atoms with Gasteiger partial charge in [-0.15, -0.1) is 11.3 Å². The van der Waals surface area contributed by atoms with Crippen LogP contribution in [0.15, 0.2) is 34.2 Å². The van der Waals surface area contributed by atoms with Crippen molar-refractivity contribution in [3.05, 3.63) is 45.1 Å². The Balaban J connectivity index is 1.80. The summed E-state index contributed by atoms with van der Waals surface area (Å²) in [4.78, 5) is 31.8. The zero-order valence-electron chi connectivity index (χ0n) is 16.8. The van der Waals surface area contributed by atoms with Gasteiger partial charge in [-0.25, -0.2) is 4.98 Å². The van der Waals surface area contributed by atoms with Gasteiger partial charge in [0.25, 0.3) is 5.56 Å². The highest BCUT2D eigenvalue weighted by atomic mass is 32.2. The second-order valence-electron chi connectivity index (χ2n) is 6.37. The number of hydrogen-bond donors (Lipinski definition) is 1. The van der Waals surface area contributed by atoms with Crippen LogP contribution in [0.1, 0.15) is 10.4 Å². The van der Waals surface area contributed by atoms with Crippen molar-refractivity contribution >= 4 is 44.9 Å². The molecule has 3 aromatic rings. The molecule has 0 aliphatic rings. The van der Waals surface area contributed by atoms with Crippen molar-refractivity contribution in [3.63, 3.8) is 0 Å². The number of aromatic nitrogens is 2. The highest BCUT2D eigenvalue weighted by Crippen LogP contribution is 2.28. The van der Waals surface area contributed by atoms with Gasteiger partial charge in [-0.05, 0) is 43.7 Å². The quantitative estimate of drug-likeness (QED) is 0.433. The minimum absolute atomic E-state index is 0.0908. The van der Waals surface area contributed by atoms with Crippen LogP contribution in [0, 0.1) is 13.8 Å². The number of thiophene rings is 1. The van der Waals surface area contributed by atoms with Gasteiger partial charge in [-0.2, -0.15) is 0 Å². The van der Waals surface area contributed by atoms with Gasteiger partial charge in [0.1, 0.15) is 10.6 Å². The molecule has 0 fully saturated rings. The maximum absolute atomic E-state index is 13.0. The molecule has 0 aliphatic carbocycles. The number of ether oxygens (including phenoxy) is 2. The molecule has 9 heteroatoms. The van der Waals surface area contributed by atoms with Gasteiger partial charge < -0.3 is 14.8 Å². The van der Waals surface area contributed by atoms with Gasteiger partial charge in [-0.1, -0.05) is 11.8 Å². The van der Waals surface area contributed by atoms with E-state index in [0.29, 0.717) is 34.2 Å². The predicted octanol–water partition coefficient (Wildman–Crippen LogP) is 3.46. The Labute approximate surface area is 177 Å². The van der Waals surface area contributed by atoms with Crippen LogP contribution in [0.4, 0.5) is 5.69 Å². The Hall–Kier alpha value is -2.36. The Morgan fingerprint density at radius 2 is 1.97 bits per heavy atom. The monoisotopic (exact) mass is 433 g/mol. The number of nitrogens with one attached hydrogen (secondary N) is 1. The molecule has 29 heavy (non-hydrogen) atoms. The molecule has 3 rings (SSSR count). The van der Waals surface area contributed by atoms with Gasteiger partial charge in [0.15, 0.2) is 5.16 Å². The zero-order chi connectivity index (χ0) is 21.0. The first kappa shape index (κ1) is 21.4. The summed E-state index contributed by atoms with van der Waals surface area (Å²) in [6.45, 7) is 4.69. The summed E-state index contributed by atoms with van der Waals surface area (Å²) in [6, 6.07) is 7.11.